The van der Waals surface area contributed by atoms with Gasteiger partial charge >= 0.3 is 0 Å². The minimum atomic E-state index is -0.0646. The van der Waals surface area contributed by atoms with Gasteiger partial charge in [0.25, 0.3) is 5.91 Å². The van der Waals surface area contributed by atoms with E-state index in [1.807, 2.05) is 37.3 Å². The molecule has 0 aromatic heterocycles. The van der Waals surface area contributed by atoms with Crippen molar-refractivity contribution in [3.05, 3.63) is 63.6 Å². The summed E-state index contributed by atoms with van der Waals surface area (Å²) in [7, 11) is 0. The number of phenolic OH excluding ortho intramolecular Hbond substituents is 1. The molecule has 1 fully saturated rings. The van der Waals surface area contributed by atoms with Crippen LogP contribution in [0.25, 0.3) is 0 Å². The number of carbonyl (C=O) groups excluding carboxylic acids is 1. The van der Waals surface area contributed by atoms with E-state index in [1.165, 1.54) is 5.56 Å². The minimum Gasteiger partial charge on any atom is -0.508 e. The predicted molar refractivity (Wildman–Crippen MR) is 131 cm³/mol. The van der Waals surface area contributed by atoms with Crippen LogP contribution in [0.1, 0.15) is 35.3 Å². The van der Waals surface area contributed by atoms with Crippen molar-refractivity contribution < 1.29 is 9.90 Å². The van der Waals surface area contributed by atoms with Crippen LogP contribution in [0.5, 0.6) is 5.75 Å². The lowest BCUT2D eigenvalue weighted by Crippen LogP contribution is -2.42. The molecule has 0 bridgehead atoms. The largest absolute Gasteiger partial charge is 0.508 e. The SMILES string of the molecule is Cc1ccc(C(=O)NCCN2C3=NC[C@H](C(C)C)N3C[C@H]2Cc2ccc(O)cc2)cc1Br. The number of nitrogens with zero attached hydrogens (tertiary/aromatic N) is 3. The van der Waals surface area contributed by atoms with Crippen LogP contribution in [-0.2, 0) is 6.42 Å². The third kappa shape index (κ3) is 4.77. The number of carbonyl (C=O) groups is 1. The van der Waals surface area contributed by atoms with Crippen LogP contribution in [0.3, 0.4) is 0 Å². The van der Waals surface area contributed by atoms with E-state index in [2.05, 4.69) is 44.9 Å². The first-order valence-corrected chi connectivity index (χ1v) is 12.0. The van der Waals surface area contributed by atoms with E-state index >= 15 is 0 Å². The van der Waals surface area contributed by atoms with Crippen LogP contribution in [0.4, 0.5) is 0 Å². The smallest absolute Gasteiger partial charge is 0.251 e. The first-order chi connectivity index (χ1) is 15.3. The molecule has 2 aromatic rings. The summed E-state index contributed by atoms with van der Waals surface area (Å²) < 4.78 is 0.939. The molecule has 1 saturated heterocycles. The Morgan fingerprint density at radius 1 is 1.25 bits per heavy atom. The van der Waals surface area contributed by atoms with Crippen molar-refractivity contribution in [2.24, 2.45) is 10.9 Å². The first-order valence-electron chi connectivity index (χ1n) is 11.2. The van der Waals surface area contributed by atoms with Crippen molar-refractivity contribution in [3.8, 4) is 5.75 Å². The summed E-state index contributed by atoms with van der Waals surface area (Å²) >= 11 is 3.50. The maximum atomic E-state index is 12.6. The normalized spacial score (nSPS) is 20.0. The van der Waals surface area contributed by atoms with Gasteiger partial charge in [-0.15, -0.1) is 0 Å². The topological polar surface area (TPSA) is 68.2 Å². The van der Waals surface area contributed by atoms with Crippen molar-refractivity contribution >= 4 is 27.8 Å². The number of guanidine groups is 1. The molecule has 0 unspecified atom stereocenters. The van der Waals surface area contributed by atoms with Gasteiger partial charge in [0, 0.05) is 29.7 Å². The standard InChI is InChI=1S/C25H31BrN4O2/c1-16(2)23-14-28-25-29(11-10-27-24(32)19-7-4-17(3)22(26)13-19)20(15-30(23)25)12-18-5-8-21(31)9-6-18/h4-9,13,16,20,23,31H,10-12,14-15H2,1-3H3,(H,27,32)/t20-,23-/m1/s1. The highest BCUT2D eigenvalue weighted by Crippen LogP contribution is 2.29. The fraction of sp³-hybridized carbons (Fsp3) is 0.440. The molecular formula is C25H31BrN4O2. The summed E-state index contributed by atoms with van der Waals surface area (Å²) in [5.41, 5.74) is 2.95. The maximum absolute atomic E-state index is 12.6. The van der Waals surface area contributed by atoms with E-state index in [0.717, 1.165) is 35.5 Å². The highest BCUT2D eigenvalue weighted by molar-refractivity contribution is 9.10. The van der Waals surface area contributed by atoms with Gasteiger partial charge in [-0.3, -0.25) is 9.79 Å². The molecule has 0 radical (unpaired) electrons. The van der Waals surface area contributed by atoms with Crippen molar-refractivity contribution in [2.45, 2.75) is 39.3 Å². The molecule has 2 N–H and O–H groups in total. The summed E-state index contributed by atoms with van der Waals surface area (Å²) in [4.78, 5) is 22.3. The van der Waals surface area contributed by atoms with Gasteiger partial charge in [0.05, 0.1) is 18.6 Å². The fourth-order valence-corrected chi connectivity index (χ4v) is 4.91. The molecule has 1 amide bonds. The third-order valence-corrected chi connectivity index (χ3v) is 7.29. The maximum Gasteiger partial charge on any atom is 0.251 e. The monoisotopic (exact) mass is 498 g/mol. The number of fused-ring (bicyclic) bond motifs is 1. The zero-order valence-electron chi connectivity index (χ0n) is 18.9. The average molecular weight is 499 g/mol. The van der Waals surface area contributed by atoms with Crippen LogP contribution < -0.4 is 5.32 Å². The summed E-state index contributed by atoms with van der Waals surface area (Å²) in [5, 5.41) is 12.7. The van der Waals surface area contributed by atoms with Crippen LogP contribution in [0, 0.1) is 12.8 Å². The van der Waals surface area contributed by atoms with E-state index in [-0.39, 0.29) is 17.7 Å². The molecule has 7 heteroatoms. The number of nitrogens with one attached hydrogen (secondary N) is 1. The quantitative estimate of drug-likeness (QED) is 0.608. The Balaban J connectivity index is 1.44. The van der Waals surface area contributed by atoms with Crippen molar-refractivity contribution in [1.29, 1.82) is 0 Å². The molecule has 2 aromatic carbocycles. The molecule has 2 aliphatic heterocycles. The lowest BCUT2D eigenvalue weighted by Gasteiger charge is -2.26. The van der Waals surface area contributed by atoms with Crippen molar-refractivity contribution in [2.75, 3.05) is 26.2 Å². The van der Waals surface area contributed by atoms with Gasteiger partial charge in [0.2, 0.25) is 0 Å². The summed E-state index contributed by atoms with van der Waals surface area (Å²) in [6.45, 7) is 9.53. The molecule has 32 heavy (non-hydrogen) atoms. The molecule has 0 spiro atoms. The number of aromatic hydroxyl groups is 1. The summed E-state index contributed by atoms with van der Waals surface area (Å²) in [6.07, 6.45) is 0.874. The van der Waals surface area contributed by atoms with Crippen LogP contribution in [0.15, 0.2) is 51.9 Å². The second-order valence-electron chi connectivity index (χ2n) is 9.04. The number of hydrogen-bond donors (Lipinski definition) is 2. The third-order valence-electron chi connectivity index (χ3n) is 6.43. The second-order valence-corrected chi connectivity index (χ2v) is 9.90. The number of rotatable bonds is 7. The zero-order chi connectivity index (χ0) is 22.8. The Hall–Kier alpha value is -2.54. The number of benzene rings is 2. The number of hydrogen-bond acceptors (Lipinski definition) is 5. The lowest BCUT2D eigenvalue weighted by atomic mass is 10.0. The molecular weight excluding hydrogens is 468 g/mol. The molecule has 0 aliphatic carbocycles. The van der Waals surface area contributed by atoms with Crippen molar-refractivity contribution in [3.63, 3.8) is 0 Å². The Bertz CT molecular complexity index is 1010. The molecule has 170 valence electrons. The van der Waals surface area contributed by atoms with Gasteiger partial charge in [-0.05, 0) is 54.7 Å². The van der Waals surface area contributed by atoms with Crippen LogP contribution >= 0.6 is 15.9 Å². The second kappa shape index (κ2) is 9.53. The number of aryl methyl sites for hydroxylation is 1. The van der Waals surface area contributed by atoms with Gasteiger partial charge < -0.3 is 20.2 Å². The highest BCUT2D eigenvalue weighted by atomic mass is 79.9. The fourth-order valence-electron chi connectivity index (χ4n) is 4.53. The van der Waals surface area contributed by atoms with Gasteiger partial charge in [-0.1, -0.05) is 48.0 Å². The van der Waals surface area contributed by atoms with Gasteiger partial charge in [-0.25, -0.2) is 0 Å². The lowest BCUT2D eigenvalue weighted by molar-refractivity contribution is 0.0950. The molecule has 6 nitrogen and oxygen atoms in total. The van der Waals surface area contributed by atoms with Crippen molar-refractivity contribution in [1.82, 2.24) is 15.1 Å². The summed E-state index contributed by atoms with van der Waals surface area (Å²) in [5.74, 6) is 1.81. The van der Waals surface area contributed by atoms with E-state index in [0.29, 0.717) is 30.6 Å². The number of halogens is 1. The van der Waals surface area contributed by atoms with E-state index < -0.39 is 0 Å². The van der Waals surface area contributed by atoms with E-state index in [9.17, 15) is 9.90 Å². The molecule has 2 atom stereocenters. The highest BCUT2D eigenvalue weighted by Gasteiger charge is 2.42. The molecule has 4 rings (SSSR count). The van der Waals surface area contributed by atoms with Gasteiger partial charge in [0.1, 0.15) is 5.75 Å². The Morgan fingerprint density at radius 2 is 2.00 bits per heavy atom. The van der Waals surface area contributed by atoms with E-state index in [4.69, 9.17) is 4.99 Å². The zero-order valence-corrected chi connectivity index (χ0v) is 20.5. The summed E-state index contributed by atoms with van der Waals surface area (Å²) in [6, 6.07) is 13.8. The van der Waals surface area contributed by atoms with Gasteiger partial charge in [-0.2, -0.15) is 0 Å². The minimum absolute atomic E-state index is 0.0646. The number of aliphatic imine (C=N–C) groups is 1. The van der Waals surface area contributed by atoms with Gasteiger partial charge in [0.15, 0.2) is 5.96 Å². The van der Waals surface area contributed by atoms with Crippen LogP contribution in [0.2, 0.25) is 0 Å². The van der Waals surface area contributed by atoms with E-state index in [1.54, 1.807) is 12.1 Å². The molecule has 2 aliphatic rings. The number of phenols is 1. The Morgan fingerprint density at radius 3 is 2.69 bits per heavy atom. The first kappa shape index (κ1) is 22.6. The Kier molecular flexibility index (Phi) is 6.74. The molecule has 2 heterocycles. The van der Waals surface area contributed by atoms with Crippen LogP contribution in [-0.4, -0.2) is 65.0 Å². The number of amides is 1. The Labute approximate surface area is 198 Å². The predicted octanol–water partition coefficient (Wildman–Crippen LogP) is 3.82. The molecule has 0 saturated carbocycles. The average Bonchev–Trinajstić information content (AvgIpc) is 3.31.